The highest BCUT2D eigenvalue weighted by Gasteiger charge is 2.16. The molecule has 0 radical (unpaired) electrons. The molecule has 1 unspecified atom stereocenters. The van der Waals surface area contributed by atoms with E-state index in [1.54, 1.807) is 13.3 Å². The van der Waals surface area contributed by atoms with E-state index in [0.717, 1.165) is 29.8 Å². The van der Waals surface area contributed by atoms with E-state index < -0.39 is 0 Å². The number of hydrogen-bond donors (Lipinski definition) is 2. The smallest absolute Gasteiger partial charge is 0.126 e. The number of para-hydroxylation sites is 1. The molecule has 0 aliphatic carbocycles. The van der Waals surface area contributed by atoms with Gasteiger partial charge in [0, 0.05) is 17.8 Å². The second kappa shape index (κ2) is 6.91. The Hall–Kier alpha value is -2.07. The largest absolute Gasteiger partial charge is 0.496 e. The Balaban J connectivity index is 2.29. The van der Waals surface area contributed by atoms with Crippen molar-refractivity contribution in [1.29, 1.82) is 0 Å². The van der Waals surface area contributed by atoms with Crippen LogP contribution in [0.1, 0.15) is 24.1 Å². The van der Waals surface area contributed by atoms with E-state index in [-0.39, 0.29) is 6.04 Å². The normalized spacial score (nSPS) is 12.1. The van der Waals surface area contributed by atoms with E-state index >= 15 is 0 Å². The van der Waals surface area contributed by atoms with Gasteiger partial charge >= 0.3 is 0 Å². The molecule has 1 aromatic heterocycles. The molecule has 4 nitrogen and oxygen atoms in total. The van der Waals surface area contributed by atoms with Crippen LogP contribution >= 0.6 is 0 Å². The molecule has 0 spiro atoms. The van der Waals surface area contributed by atoms with Crippen molar-refractivity contribution in [2.75, 3.05) is 19.4 Å². The van der Waals surface area contributed by atoms with E-state index in [1.165, 1.54) is 0 Å². The maximum absolute atomic E-state index is 5.94. The van der Waals surface area contributed by atoms with Gasteiger partial charge < -0.3 is 15.8 Å². The van der Waals surface area contributed by atoms with Gasteiger partial charge in [-0.1, -0.05) is 31.2 Å². The van der Waals surface area contributed by atoms with Crippen molar-refractivity contribution < 1.29 is 4.74 Å². The highest BCUT2D eigenvalue weighted by Crippen LogP contribution is 2.28. The van der Waals surface area contributed by atoms with E-state index in [4.69, 9.17) is 10.5 Å². The van der Waals surface area contributed by atoms with Crippen LogP contribution in [0.5, 0.6) is 5.75 Å². The van der Waals surface area contributed by atoms with Gasteiger partial charge in [0.05, 0.1) is 7.11 Å². The van der Waals surface area contributed by atoms with Gasteiger partial charge in [0.15, 0.2) is 0 Å². The lowest BCUT2D eigenvalue weighted by atomic mass is 9.98. The molecule has 0 aliphatic rings. The first-order chi connectivity index (χ1) is 9.76. The van der Waals surface area contributed by atoms with Crippen LogP contribution in [0.15, 0.2) is 42.6 Å². The Kier molecular flexibility index (Phi) is 4.96. The SMILES string of the molecule is CCNC(Cc1cccnc1N)c1ccccc1OC. The molecular weight excluding hydrogens is 250 g/mol. The van der Waals surface area contributed by atoms with Crippen molar-refractivity contribution in [3.8, 4) is 5.75 Å². The van der Waals surface area contributed by atoms with Crippen LogP contribution in [0, 0.1) is 0 Å². The molecule has 0 amide bonds. The predicted molar refractivity (Wildman–Crippen MR) is 81.8 cm³/mol. The number of ether oxygens (including phenoxy) is 1. The fourth-order valence-electron chi connectivity index (χ4n) is 2.34. The summed E-state index contributed by atoms with van der Waals surface area (Å²) in [5.41, 5.74) is 8.13. The van der Waals surface area contributed by atoms with Gasteiger partial charge in [-0.2, -0.15) is 0 Å². The number of methoxy groups -OCH3 is 1. The number of likely N-dealkylation sites (N-methyl/N-ethyl adjacent to an activating group) is 1. The van der Waals surface area contributed by atoms with Crippen LogP contribution in [-0.4, -0.2) is 18.6 Å². The van der Waals surface area contributed by atoms with Crippen molar-refractivity contribution >= 4 is 5.82 Å². The molecule has 20 heavy (non-hydrogen) atoms. The number of hydrogen-bond acceptors (Lipinski definition) is 4. The lowest BCUT2D eigenvalue weighted by Crippen LogP contribution is -2.24. The number of nitrogens with two attached hydrogens (primary N) is 1. The standard InChI is InChI=1S/C16H21N3O/c1-3-18-14(11-12-7-6-10-19-16(12)17)13-8-4-5-9-15(13)20-2/h4-10,14,18H,3,11H2,1-2H3,(H2,17,19). The molecule has 1 heterocycles. The third-order valence-electron chi connectivity index (χ3n) is 3.32. The average molecular weight is 271 g/mol. The molecule has 1 atom stereocenters. The molecule has 3 N–H and O–H groups in total. The maximum Gasteiger partial charge on any atom is 0.126 e. The molecular formula is C16H21N3O. The molecule has 2 aromatic rings. The Morgan fingerprint density at radius 3 is 2.75 bits per heavy atom. The second-order valence-corrected chi connectivity index (χ2v) is 4.60. The zero-order valence-electron chi connectivity index (χ0n) is 12.0. The lowest BCUT2D eigenvalue weighted by molar-refractivity contribution is 0.399. The molecule has 4 heteroatoms. The number of rotatable bonds is 6. The van der Waals surface area contributed by atoms with E-state index in [0.29, 0.717) is 5.82 Å². The Bertz CT molecular complexity index is 557. The number of pyridine rings is 1. The first kappa shape index (κ1) is 14.3. The maximum atomic E-state index is 5.94. The van der Waals surface area contributed by atoms with Gasteiger partial charge in [-0.05, 0) is 30.7 Å². The summed E-state index contributed by atoms with van der Waals surface area (Å²) in [6.45, 7) is 2.97. The first-order valence-electron chi connectivity index (χ1n) is 6.82. The minimum atomic E-state index is 0.155. The second-order valence-electron chi connectivity index (χ2n) is 4.60. The summed E-state index contributed by atoms with van der Waals surface area (Å²) in [4.78, 5) is 4.15. The minimum Gasteiger partial charge on any atom is -0.496 e. The molecule has 0 saturated heterocycles. The van der Waals surface area contributed by atoms with E-state index in [9.17, 15) is 0 Å². The van der Waals surface area contributed by atoms with Crippen LogP contribution in [-0.2, 0) is 6.42 Å². The van der Waals surface area contributed by atoms with Crippen LogP contribution in [0.2, 0.25) is 0 Å². The zero-order chi connectivity index (χ0) is 14.4. The summed E-state index contributed by atoms with van der Waals surface area (Å²) in [5.74, 6) is 1.48. The number of nitrogens with one attached hydrogen (secondary N) is 1. The molecule has 0 fully saturated rings. The molecule has 0 saturated carbocycles. The lowest BCUT2D eigenvalue weighted by Gasteiger charge is -2.21. The van der Waals surface area contributed by atoms with Crippen molar-refractivity contribution in [3.05, 3.63) is 53.7 Å². The van der Waals surface area contributed by atoms with Gasteiger partial charge in [0.25, 0.3) is 0 Å². The number of aromatic nitrogens is 1. The fourth-order valence-corrected chi connectivity index (χ4v) is 2.34. The third-order valence-corrected chi connectivity index (χ3v) is 3.32. The van der Waals surface area contributed by atoms with Gasteiger partial charge in [0.1, 0.15) is 11.6 Å². The van der Waals surface area contributed by atoms with Crippen molar-refractivity contribution in [3.63, 3.8) is 0 Å². The molecule has 0 bridgehead atoms. The Morgan fingerprint density at radius 2 is 2.05 bits per heavy atom. The summed E-state index contributed by atoms with van der Waals surface area (Å²) in [5, 5.41) is 3.49. The highest BCUT2D eigenvalue weighted by molar-refractivity contribution is 5.42. The monoisotopic (exact) mass is 271 g/mol. The Labute approximate surface area is 120 Å². The van der Waals surface area contributed by atoms with E-state index in [2.05, 4.69) is 23.3 Å². The van der Waals surface area contributed by atoms with E-state index in [1.807, 2.05) is 30.3 Å². The number of nitrogens with zero attached hydrogens (tertiary/aromatic N) is 1. The number of nitrogen functional groups attached to an aromatic ring is 1. The van der Waals surface area contributed by atoms with Gasteiger partial charge in [-0.3, -0.25) is 0 Å². The van der Waals surface area contributed by atoms with Gasteiger partial charge in [-0.15, -0.1) is 0 Å². The number of benzene rings is 1. The van der Waals surface area contributed by atoms with Crippen LogP contribution in [0.4, 0.5) is 5.82 Å². The van der Waals surface area contributed by atoms with Crippen LogP contribution < -0.4 is 15.8 Å². The summed E-state index contributed by atoms with van der Waals surface area (Å²) >= 11 is 0. The first-order valence-corrected chi connectivity index (χ1v) is 6.82. The Morgan fingerprint density at radius 1 is 1.25 bits per heavy atom. The van der Waals surface area contributed by atoms with Gasteiger partial charge in [0.2, 0.25) is 0 Å². The third kappa shape index (κ3) is 3.27. The van der Waals surface area contributed by atoms with Gasteiger partial charge in [-0.25, -0.2) is 4.98 Å². The predicted octanol–water partition coefficient (Wildman–Crippen LogP) is 2.57. The average Bonchev–Trinajstić information content (AvgIpc) is 2.49. The number of anilines is 1. The van der Waals surface area contributed by atoms with Crippen molar-refractivity contribution in [1.82, 2.24) is 10.3 Å². The topological polar surface area (TPSA) is 60.2 Å². The summed E-state index contributed by atoms with van der Waals surface area (Å²) in [6.07, 6.45) is 2.50. The molecule has 2 rings (SSSR count). The summed E-state index contributed by atoms with van der Waals surface area (Å²) < 4.78 is 5.45. The minimum absolute atomic E-state index is 0.155. The van der Waals surface area contributed by atoms with Crippen LogP contribution in [0.25, 0.3) is 0 Å². The molecule has 106 valence electrons. The van der Waals surface area contributed by atoms with Crippen molar-refractivity contribution in [2.45, 2.75) is 19.4 Å². The quantitative estimate of drug-likeness (QED) is 0.847. The molecule has 0 aliphatic heterocycles. The highest BCUT2D eigenvalue weighted by atomic mass is 16.5. The zero-order valence-corrected chi connectivity index (χ0v) is 12.0. The summed E-state index contributed by atoms with van der Waals surface area (Å²) in [6, 6.07) is 12.1. The molecule has 1 aromatic carbocycles. The fraction of sp³-hybridized carbons (Fsp3) is 0.312. The van der Waals surface area contributed by atoms with Crippen molar-refractivity contribution in [2.24, 2.45) is 0 Å². The van der Waals surface area contributed by atoms with Crippen LogP contribution in [0.3, 0.4) is 0 Å². The summed E-state index contributed by atoms with van der Waals surface area (Å²) in [7, 11) is 1.69.